The van der Waals surface area contributed by atoms with E-state index < -0.39 is 68.4 Å². The zero-order chi connectivity index (χ0) is 36.6. The molecule has 2 saturated carbocycles. The van der Waals surface area contributed by atoms with E-state index in [-0.39, 0.29) is 40.2 Å². The standard InChI is InChI=1S/C21H21F2N5O3.C13H8F3NO3/c1-10-11(2)28(25-24-10)13-5-6-26(8-13)19-16(22)7-14-18(17(19)23)27(12-3-4-12)9-15(20(14)29)21(30)31;14-8-3-6-11(10(16)9(8)15)17(5-1-2-5)4-7(12(6)18)13(19)20/h7,9,12-13H,3-6,8H2,1-2H3,(H,30,31);3-5H,1-2H2,(H,19,20). The molecule has 1 saturated heterocycles. The molecule has 2 N–H and O–H groups in total. The molecular formula is C34H29F5N6O6. The summed E-state index contributed by atoms with van der Waals surface area (Å²) in [6.45, 7) is 4.54. The summed E-state index contributed by atoms with van der Waals surface area (Å²) in [6.07, 6.45) is 5.65. The number of hydrogen-bond donors (Lipinski definition) is 2. The lowest BCUT2D eigenvalue weighted by Crippen LogP contribution is -2.25. The zero-order valence-electron chi connectivity index (χ0n) is 27.1. The zero-order valence-corrected chi connectivity index (χ0v) is 27.1. The Kier molecular flexibility index (Phi) is 8.18. The topological polar surface area (TPSA) is 153 Å². The number of rotatable bonds is 6. The van der Waals surface area contributed by atoms with Gasteiger partial charge in [0.05, 0.1) is 39.2 Å². The molecule has 2 aliphatic carbocycles. The smallest absolute Gasteiger partial charge is 0.341 e. The fourth-order valence-electron chi connectivity index (χ4n) is 6.64. The van der Waals surface area contributed by atoms with Gasteiger partial charge in [0.2, 0.25) is 10.9 Å². The average molecular weight is 713 g/mol. The van der Waals surface area contributed by atoms with Gasteiger partial charge in [-0.05, 0) is 58.1 Å². The first-order valence-corrected chi connectivity index (χ1v) is 16.1. The van der Waals surface area contributed by atoms with E-state index in [1.807, 2.05) is 13.8 Å². The summed E-state index contributed by atoms with van der Waals surface area (Å²) >= 11 is 0. The van der Waals surface area contributed by atoms with Crippen LogP contribution in [0.4, 0.5) is 27.6 Å². The Bertz CT molecular complexity index is 2430. The molecule has 5 aromatic rings. The van der Waals surface area contributed by atoms with Gasteiger partial charge in [-0.1, -0.05) is 5.21 Å². The van der Waals surface area contributed by atoms with Crippen LogP contribution < -0.4 is 15.8 Å². The number of hydrogen-bond acceptors (Lipinski definition) is 7. The van der Waals surface area contributed by atoms with Crippen LogP contribution in [0.5, 0.6) is 0 Å². The van der Waals surface area contributed by atoms with Crippen LogP contribution >= 0.6 is 0 Å². The van der Waals surface area contributed by atoms with Crippen molar-refractivity contribution in [1.29, 1.82) is 0 Å². The summed E-state index contributed by atoms with van der Waals surface area (Å²) in [6, 6.07) is 1.15. The van der Waals surface area contributed by atoms with E-state index in [1.54, 1.807) is 9.58 Å². The second-order valence-electron chi connectivity index (χ2n) is 13.0. The number of carbonyl (C=O) groups is 2. The maximum Gasteiger partial charge on any atom is 0.341 e. The molecule has 0 bridgehead atoms. The Morgan fingerprint density at radius 1 is 0.725 bits per heavy atom. The molecule has 0 radical (unpaired) electrons. The highest BCUT2D eigenvalue weighted by Crippen LogP contribution is 2.41. The van der Waals surface area contributed by atoms with E-state index in [9.17, 15) is 37.5 Å². The van der Waals surface area contributed by atoms with Crippen molar-refractivity contribution in [3.8, 4) is 0 Å². The molecule has 266 valence electrons. The molecule has 17 heteroatoms. The molecule has 12 nitrogen and oxygen atoms in total. The van der Waals surface area contributed by atoms with Gasteiger partial charge in [0, 0.05) is 37.6 Å². The van der Waals surface area contributed by atoms with Gasteiger partial charge in [0.1, 0.15) is 22.6 Å². The molecule has 3 fully saturated rings. The van der Waals surface area contributed by atoms with Crippen molar-refractivity contribution >= 4 is 39.4 Å². The summed E-state index contributed by atoms with van der Waals surface area (Å²) in [4.78, 5) is 48.7. The number of aromatic nitrogens is 5. The molecular weight excluding hydrogens is 683 g/mol. The summed E-state index contributed by atoms with van der Waals surface area (Å²) in [5.74, 6) is -9.27. The fourth-order valence-corrected chi connectivity index (χ4v) is 6.64. The van der Waals surface area contributed by atoms with Crippen molar-refractivity contribution in [3.63, 3.8) is 0 Å². The maximum absolute atomic E-state index is 15.7. The number of fused-ring (bicyclic) bond motifs is 2. The normalized spacial score (nSPS) is 17.2. The van der Waals surface area contributed by atoms with Crippen LogP contribution in [0.25, 0.3) is 21.8 Å². The minimum absolute atomic E-state index is 0.0369. The Morgan fingerprint density at radius 2 is 1.24 bits per heavy atom. The predicted molar refractivity (Wildman–Crippen MR) is 172 cm³/mol. The van der Waals surface area contributed by atoms with Crippen molar-refractivity contribution in [1.82, 2.24) is 24.1 Å². The third kappa shape index (κ3) is 5.69. The van der Waals surface area contributed by atoms with Gasteiger partial charge < -0.3 is 24.2 Å². The first-order valence-electron chi connectivity index (χ1n) is 16.1. The molecule has 1 unspecified atom stereocenters. The first kappa shape index (κ1) is 33.9. The van der Waals surface area contributed by atoms with Crippen LogP contribution in [0, 0.1) is 42.9 Å². The molecule has 3 aromatic heterocycles. The number of anilines is 1. The second kappa shape index (κ2) is 12.3. The van der Waals surface area contributed by atoms with E-state index in [1.165, 1.54) is 15.3 Å². The summed E-state index contributed by atoms with van der Waals surface area (Å²) in [5, 5.41) is 25.8. The SMILES string of the molecule is Cc1nnn(C2CCN(c3c(F)cc4c(=O)c(C(=O)O)cn(C5CC5)c4c3F)C2)c1C.O=C(O)c1cn(C2CC2)c2c(F)c(F)c(F)cc2c1=O. The molecule has 8 rings (SSSR count). The highest BCUT2D eigenvalue weighted by atomic mass is 19.2. The van der Waals surface area contributed by atoms with Crippen LogP contribution in [0.3, 0.4) is 0 Å². The van der Waals surface area contributed by atoms with Gasteiger partial charge in [-0.2, -0.15) is 0 Å². The number of carboxylic acid groups (broad SMARTS) is 2. The van der Waals surface area contributed by atoms with Gasteiger partial charge in [0.25, 0.3) is 0 Å². The molecule has 3 aliphatic rings. The molecule has 2 aromatic carbocycles. The van der Waals surface area contributed by atoms with Gasteiger partial charge in [-0.25, -0.2) is 36.2 Å². The van der Waals surface area contributed by atoms with Gasteiger partial charge in [0.15, 0.2) is 23.3 Å². The minimum atomic E-state index is -1.67. The molecule has 1 atom stereocenters. The van der Waals surface area contributed by atoms with Crippen LogP contribution in [0.2, 0.25) is 0 Å². The highest BCUT2D eigenvalue weighted by molar-refractivity contribution is 5.94. The highest BCUT2D eigenvalue weighted by Gasteiger charge is 2.34. The van der Waals surface area contributed by atoms with Crippen LogP contribution in [-0.2, 0) is 0 Å². The number of aromatic carboxylic acids is 2. The number of nitrogens with zero attached hydrogens (tertiary/aromatic N) is 6. The number of halogens is 5. The summed E-state index contributed by atoms with van der Waals surface area (Å²) < 4.78 is 75.8. The van der Waals surface area contributed by atoms with Crippen molar-refractivity contribution < 1.29 is 41.8 Å². The fraction of sp³-hybridized carbons (Fsp3) is 0.353. The maximum atomic E-state index is 15.7. The predicted octanol–water partition coefficient (Wildman–Crippen LogP) is 5.42. The third-order valence-corrected chi connectivity index (χ3v) is 9.66. The van der Waals surface area contributed by atoms with E-state index in [0.717, 1.165) is 36.5 Å². The Hall–Kier alpha value is -5.61. The molecule has 0 amide bonds. The summed E-state index contributed by atoms with van der Waals surface area (Å²) in [7, 11) is 0. The number of benzene rings is 2. The first-order chi connectivity index (χ1) is 24.2. The van der Waals surface area contributed by atoms with E-state index in [0.29, 0.717) is 38.4 Å². The van der Waals surface area contributed by atoms with Gasteiger partial charge in [-0.3, -0.25) is 9.59 Å². The van der Waals surface area contributed by atoms with Crippen LogP contribution in [0.1, 0.15) is 82.3 Å². The lowest BCUT2D eigenvalue weighted by molar-refractivity contribution is 0.0684. The van der Waals surface area contributed by atoms with E-state index in [4.69, 9.17) is 5.11 Å². The number of carboxylic acids is 2. The Labute approximate surface area is 283 Å². The van der Waals surface area contributed by atoms with Crippen molar-refractivity contribution in [3.05, 3.63) is 96.6 Å². The van der Waals surface area contributed by atoms with Crippen molar-refractivity contribution in [2.24, 2.45) is 0 Å². The minimum Gasteiger partial charge on any atom is -0.477 e. The largest absolute Gasteiger partial charge is 0.477 e. The van der Waals surface area contributed by atoms with Gasteiger partial charge >= 0.3 is 11.9 Å². The number of pyridine rings is 2. The second-order valence-corrected chi connectivity index (χ2v) is 13.0. The third-order valence-electron chi connectivity index (χ3n) is 9.66. The quantitative estimate of drug-likeness (QED) is 0.174. The van der Waals surface area contributed by atoms with Crippen LogP contribution in [0.15, 0.2) is 34.1 Å². The van der Waals surface area contributed by atoms with E-state index in [2.05, 4.69) is 10.3 Å². The van der Waals surface area contributed by atoms with Crippen molar-refractivity contribution in [2.75, 3.05) is 18.0 Å². The average Bonchev–Trinajstić information content (AvgIpc) is 4.02. The molecule has 1 aliphatic heterocycles. The van der Waals surface area contributed by atoms with Gasteiger partial charge in [-0.15, -0.1) is 5.10 Å². The lowest BCUT2D eigenvalue weighted by Gasteiger charge is -2.22. The molecule has 51 heavy (non-hydrogen) atoms. The van der Waals surface area contributed by atoms with Crippen LogP contribution in [-0.4, -0.2) is 59.4 Å². The number of aryl methyl sites for hydroxylation is 1. The lowest BCUT2D eigenvalue weighted by atomic mass is 10.1. The molecule has 0 spiro atoms. The monoisotopic (exact) mass is 712 g/mol. The molecule has 4 heterocycles. The summed E-state index contributed by atoms with van der Waals surface area (Å²) in [5.41, 5.74) is -1.87. The van der Waals surface area contributed by atoms with E-state index >= 15 is 8.78 Å². The Morgan fingerprint density at radius 3 is 1.71 bits per heavy atom. The Balaban J connectivity index is 0.000000175. The van der Waals surface area contributed by atoms with Crippen molar-refractivity contribution in [2.45, 2.75) is 64.1 Å².